The van der Waals surface area contributed by atoms with Gasteiger partial charge in [-0.05, 0) is 43.9 Å². The van der Waals surface area contributed by atoms with Crippen molar-refractivity contribution in [2.75, 3.05) is 12.3 Å². The molecule has 138 valence electrons. The molecule has 4 nitrogen and oxygen atoms in total. The number of amidine groups is 1. The number of hydrogen-bond acceptors (Lipinski definition) is 4. The summed E-state index contributed by atoms with van der Waals surface area (Å²) in [4.78, 5) is 8.96. The molecule has 0 spiro atoms. The van der Waals surface area contributed by atoms with Crippen LogP contribution in [-0.2, 0) is 0 Å². The van der Waals surface area contributed by atoms with Gasteiger partial charge in [-0.15, -0.1) is 0 Å². The van der Waals surface area contributed by atoms with Gasteiger partial charge in [-0.1, -0.05) is 41.7 Å². The summed E-state index contributed by atoms with van der Waals surface area (Å²) in [6.07, 6.45) is 4.47. The number of aromatic nitrogens is 1. The Hall–Kier alpha value is -3.32. The quantitative estimate of drug-likeness (QED) is 0.681. The van der Waals surface area contributed by atoms with E-state index < -0.39 is 0 Å². The normalized spacial score (nSPS) is 18.3. The van der Waals surface area contributed by atoms with Crippen molar-refractivity contribution in [3.8, 4) is 11.8 Å². The van der Waals surface area contributed by atoms with Crippen LogP contribution in [0, 0.1) is 24.7 Å². The summed E-state index contributed by atoms with van der Waals surface area (Å²) < 4.78 is 0. The predicted molar refractivity (Wildman–Crippen MR) is 114 cm³/mol. The first-order valence-electron chi connectivity index (χ1n) is 9.76. The molecule has 3 aromatic rings. The number of hydrogen-bond donors (Lipinski definition) is 2. The van der Waals surface area contributed by atoms with Crippen molar-refractivity contribution in [2.24, 2.45) is 10.9 Å². The molecule has 1 aliphatic carbocycles. The molecule has 0 radical (unpaired) electrons. The van der Waals surface area contributed by atoms with Crippen LogP contribution in [0.5, 0.6) is 0 Å². The lowest BCUT2D eigenvalue weighted by Gasteiger charge is -2.10. The van der Waals surface area contributed by atoms with E-state index in [0.29, 0.717) is 11.9 Å². The molecule has 28 heavy (non-hydrogen) atoms. The highest BCUT2D eigenvalue weighted by molar-refractivity contribution is 6.00. The van der Waals surface area contributed by atoms with Gasteiger partial charge < -0.3 is 11.1 Å². The Labute approximate surface area is 164 Å². The highest BCUT2D eigenvalue weighted by Crippen LogP contribution is 2.34. The Morgan fingerprint density at radius 1 is 1.07 bits per heavy atom. The lowest BCUT2D eigenvalue weighted by Crippen LogP contribution is -2.32. The van der Waals surface area contributed by atoms with Crippen LogP contribution >= 0.6 is 0 Å². The number of nitrogens with zero attached hydrogens (tertiary/aromatic N) is 2. The fraction of sp³-hybridized carbons (Fsp3) is 0.250. The highest BCUT2D eigenvalue weighted by atomic mass is 15.1. The van der Waals surface area contributed by atoms with E-state index in [1.165, 1.54) is 18.4 Å². The van der Waals surface area contributed by atoms with E-state index in [1.807, 2.05) is 12.1 Å². The van der Waals surface area contributed by atoms with Gasteiger partial charge in [0.2, 0.25) is 0 Å². The molecule has 1 fully saturated rings. The van der Waals surface area contributed by atoms with Gasteiger partial charge >= 0.3 is 0 Å². The third kappa shape index (κ3) is 3.20. The summed E-state index contributed by atoms with van der Waals surface area (Å²) in [6.45, 7) is 2.97. The molecule has 1 aliphatic heterocycles. The van der Waals surface area contributed by atoms with E-state index in [4.69, 9.17) is 5.73 Å². The number of nitrogens with two attached hydrogens (primary N) is 1. The summed E-state index contributed by atoms with van der Waals surface area (Å²) in [6, 6.07) is 15.0. The maximum Gasteiger partial charge on any atom is 0.139 e. The van der Waals surface area contributed by atoms with Crippen LogP contribution in [0.15, 0.2) is 53.7 Å². The van der Waals surface area contributed by atoms with E-state index in [-0.39, 0.29) is 0 Å². The van der Waals surface area contributed by atoms with Crippen molar-refractivity contribution in [3.63, 3.8) is 0 Å². The van der Waals surface area contributed by atoms with Crippen LogP contribution in [0.1, 0.15) is 35.1 Å². The van der Waals surface area contributed by atoms with E-state index in [2.05, 4.69) is 64.4 Å². The molecular weight excluding hydrogens is 344 g/mol. The third-order valence-electron chi connectivity index (χ3n) is 5.53. The van der Waals surface area contributed by atoms with Gasteiger partial charge in [0, 0.05) is 34.1 Å². The number of benzene rings is 2. The first-order chi connectivity index (χ1) is 13.7. The second kappa shape index (κ2) is 6.69. The number of pyridine rings is 1. The molecule has 5 rings (SSSR count). The second-order valence-electron chi connectivity index (χ2n) is 7.71. The number of nitrogen functional groups attached to an aromatic ring is 1. The average Bonchev–Trinajstić information content (AvgIpc) is 3.44. The van der Waals surface area contributed by atoms with Crippen LogP contribution in [0.25, 0.3) is 10.8 Å². The summed E-state index contributed by atoms with van der Waals surface area (Å²) in [5.74, 6) is 8.77. The van der Waals surface area contributed by atoms with Gasteiger partial charge in [-0.25, -0.2) is 4.98 Å². The van der Waals surface area contributed by atoms with Crippen LogP contribution in [0.3, 0.4) is 0 Å². The molecule has 1 aromatic heterocycles. The lowest BCUT2D eigenvalue weighted by atomic mass is 10.0. The van der Waals surface area contributed by atoms with E-state index >= 15 is 0 Å². The van der Waals surface area contributed by atoms with E-state index in [1.54, 1.807) is 6.20 Å². The molecule has 4 heteroatoms. The Balaban J connectivity index is 1.41. The monoisotopic (exact) mass is 366 g/mol. The van der Waals surface area contributed by atoms with Gasteiger partial charge in [0.15, 0.2) is 0 Å². The van der Waals surface area contributed by atoms with E-state index in [9.17, 15) is 0 Å². The summed E-state index contributed by atoms with van der Waals surface area (Å²) in [7, 11) is 0. The Morgan fingerprint density at radius 3 is 2.68 bits per heavy atom. The van der Waals surface area contributed by atoms with Crippen molar-refractivity contribution < 1.29 is 0 Å². The lowest BCUT2D eigenvalue weighted by molar-refractivity contribution is 0.582. The number of nitrogens with one attached hydrogen (secondary N) is 1. The Bertz CT molecular complexity index is 1140. The van der Waals surface area contributed by atoms with Gasteiger partial charge in [-0.3, -0.25) is 4.99 Å². The Kier molecular flexibility index (Phi) is 4.02. The molecule has 0 saturated heterocycles. The minimum atomic E-state index is 0.470. The van der Waals surface area contributed by atoms with Crippen LogP contribution < -0.4 is 11.1 Å². The van der Waals surface area contributed by atoms with Gasteiger partial charge in [0.1, 0.15) is 11.7 Å². The zero-order valence-electron chi connectivity index (χ0n) is 15.9. The zero-order valence-corrected chi connectivity index (χ0v) is 15.9. The van der Waals surface area contributed by atoms with E-state index in [0.717, 1.165) is 45.8 Å². The zero-order chi connectivity index (χ0) is 19.1. The molecule has 1 atom stereocenters. The number of fused-ring (bicyclic) bond motifs is 1. The standard InChI is InChI=1S/C24H22N4/c1-15-2-6-19-13-26-23(25)20(21(19)12-15)11-5-16-3-7-18(8-4-16)24-27-14-22(28-24)17-9-10-17/h2-4,6-8,12-13,17,22H,9-10,14H2,1H3,(H2,25,26)(H,27,28). The number of aryl methyl sites for hydroxylation is 1. The maximum absolute atomic E-state index is 6.11. The molecule has 2 aromatic carbocycles. The molecule has 1 unspecified atom stereocenters. The van der Waals surface area contributed by atoms with Crippen molar-refractivity contribution >= 4 is 22.4 Å². The number of anilines is 1. The Morgan fingerprint density at radius 2 is 1.89 bits per heavy atom. The fourth-order valence-corrected chi connectivity index (χ4v) is 3.71. The predicted octanol–water partition coefficient (Wildman–Crippen LogP) is 3.65. The fourth-order valence-electron chi connectivity index (χ4n) is 3.71. The van der Waals surface area contributed by atoms with Crippen LogP contribution in [0.4, 0.5) is 5.82 Å². The van der Waals surface area contributed by atoms with Crippen molar-refractivity contribution in [1.82, 2.24) is 10.3 Å². The first kappa shape index (κ1) is 16.8. The highest BCUT2D eigenvalue weighted by Gasteiger charge is 2.34. The van der Waals surface area contributed by atoms with Crippen molar-refractivity contribution in [2.45, 2.75) is 25.8 Å². The minimum absolute atomic E-state index is 0.470. The maximum atomic E-state index is 6.11. The summed E-state index contributed by atoms with van der Waals surface area (Å²) in [5, 5.41) is 5.67. The van der Waals surface area contributed by atoms with Crippen molar-refractivity contribution in [1.29, 1.82) is 0 Å². The smallest absolute Gasteiger partial charge is 0.139 e. The molecule has 2 aliphatic rings. The molecule has 0 amide bonds. The summed E-state index contributed by atoms with van der Waals surface area (Å²) in [5.41, 5.74) is 10.2. The van der Waals surface area contributed by atoms with Crippen molar-refractivity contribution in [3.05, 3.63) is 70.9 Å². The summed E-state index contributed by atoms with van der Waals surface area (Å²) >= 11 is 0. The van der Waals surface area contributed by atoms with Gasteiger partial charge in [0.25, 0.3) is 0 Å². The van der Waals surface area contributed by atoms with Crippen LogP contribution in [-0.4, -0.2) is 23.4 Å². The molecule has 3 N–H and O–H groups in total. The topological polar surface area (TPSA) is 63.3 Å². The first-order valence-corrected chi connectivity index (χ1v) is 9.76. The minimum Gasteiger partial charge on any atom is -0.383 e. The molecule has 0 bridgehead atoms. The largest absolute Gasteiger partial charge is 0.383 e. The number of rotatable bonds is 2. The van der Waals surface area contributed by atoms with Crippen LogP contribution in [0.2, 0.25) is 0 Å². The molecule has 2 heterocycles. The number of aliphatic imine (C=N–C) groups is 1. The average molecular weight is 366 g/mol. The molecular formula is C24H22N4. The third-order valence-corrected chi connectivity index (χ3v) is 5.53. The SMILES string of the molecule is Cc1ccc2cnc(N)c(C#Cc3ccc(C4=NCC(C5CC5)N4)cc3)c2c1. The van der Waals surface area contributed by atoms with Gasteiger partial charge in [0.05, 0.1) is 12.1 Å². The second-order valence-corrected chi connectivity index (χ2v) is 7.71. The van der Waals surface area contributed by atoms with Gasteiger partial charge in [-0.2, -0.15) is 0 Å². The molecule has 1 saturated carbocycles.